The number of aliphatic hydroxyl groups is 1. The van der Waals surface area contributed by atoms with Crippen molar-refractivity contribution in [1.82, 2.24) is 0 Å². The Morgan fingerprint density at radius 2 is 1.60 bits per heavy atom. The molecule has 35 heavy (non-hydrogen) atoms. The maximum atomic E-state index is 12.4. The number of carboxylic acids is 1. The quantitative estimate of drug-likeness (QED) is 0.300. The van der Waals surface area contributed by atoms with Crippen molar-refractivity contribution in [2.24, 2.45) is 39.9 Å². The van der Waals surface area contributed by atoms with Crippen molar-refractivity contribution >= 4 is 11.8 Å². The predicted molar refractivity (Wildman–Crippen MR) is 140 cm³/mol. The molecule has 3 fully saturated rings. The molecular formula is C31H50O4. The highest BCUT2D eigenvalue weighted by molar-refractivity contribution is 5.91. The van der Waals surface area contributed by atoms with Crippen molar-refractivity contribution in [2.75, 3.05) is 6.61 Å². The molecule has 4 nitrogen and oxygen atoms in total. The van der Waals surface area contributed by atoms with Gasteiger partial charge in [-0.15, -0.1) is 0 Å². The average Bonchev–Trinajstić information content (AvgIpc) is 3.06. The van der Waals surface area contributed by atoms with Gasteiger partial charge in [0.05, 0.1) is 6.42 Å². The predicted octanol–water partition coefficient (Wildman–Crippen LogP) is 7.34. The summed E-state index contributed by atoms with van der Waals surface area (Å²) in [5.74, 6) is 2.25. The van der Waals surface area contributed by atoms with Gasteiger partial charge in [0.25, 0.3) is 0 Å². The lowest BCUT2D eigenvalue weighted by atomic mass is 9.43. The normalized spacial score (nSPS) is 40.6. The van der Waals surface area contributed by atoms with E-state index in [1.165, 1.54) is 56.9 Å². The number of hydrogen-bond donors (Lipinski definition) is 2. The Balaban J connectivity index is 1.51. The van der Waals surface area contributed by atoms with Crippen LogP contribution in [0.2, 0.25) is 0 Å². The third kappa shape index (κ3) is 5.03. The molecule has 0 amide bonds. The Kier molecular flexibility index (Phi) is 8.20. The summed E-state index contributed by atoms with van der Waals surface area (Å²) < 4.78 is 0. The fourth-order valence-electron chi connectivity index (χ4n) is 9.39. The first-order chi connectivity index (χ1) is 16.6. The highest BCUT2D eigenvalue weighted by atomic mass is 16.4. The van der Waals surface area contributed by atoms with Crippen LogP contribution in [0.5, 0.6) is 0 Å². The molecule has 2 N–H and O–H groups in total. The Bertz CT molecular complexity index is 817. The molecule has 4 aliphatic rings. The van der Waals surface area contributed by atoms with Crippen LogP contribution >= 0.6 is 0 Å². The highest BCUT2D eigenvalue weighted by Gasteiger charge is 2.64. The van der Waals surface area contributed by atoms with Crippen LogP contribution in [0.15, 0.2) is 11.6 Å². The van der Waals surface area contributed by atoms with Crippen LogP contribution < -0.4 is 0 Å². The summed E-state index contributed by atoms with van der Waals surface area (Å²) in [5, 5.41) is 18.7. The number of carbonyl (C=O) groups is 2. The number of carbonyl (C=O) groups excluding carboxylic acids is 1. The van der Waals surface area contributed by atoms with Gasteiger partial charge in [0.2, 0.25) is 0 Å². The second-order valence-electron chi connectivity index (χ2n) is 13.4. The molecule has 4 heteroatoms. The zero-order chi connectivity index (χ0) is 25.3. The van der Waals surface area contributed by atoms with Gasteiger partial charge in [-0.05, 0) is 97.4 Å². The third-order valence-corrected chi connectivity index (χ3v) is 11.7. The first-order valence-corrected chi connectivity index (χ1v) is 14.7. The largest absolute Gasteiger partial charge is 0.481 e. The average molecular weight is 487 g/mol. The van der Waals surface area contributed by atoms with Gasteiger partial charge in [-0.25, -0.2) is 0 Å². The molecule has 0 aliphatic heterocycles. The number of aliphatic carboxylic acids is 1. The summed E-state index contributed by atoms with van der Waals surface area (Å²) in [4.78, 5) is 24.2. The Labute approximate surface area is 213 Å². The fraction of sp³-hybridized carbons (Fsp3) is 0.871. The van der Waals surface area contributed by atoms with Crippen molar-refractivity contribution in [3.8, 4) is 0 Å². The maximum Gasteiger partial charge on any atom is 0.303 e. The maximum absolute atomic E-state index is 12.4. The van der Waals surface area contributed by atoms with Crippen molar-refractivity contribution in [3.05, 3.63) is 11.6 Å². The SMILES string of the molecule is CC1(CC(=O)O)CC[C@H]2[C@@H]3C(CCCCCCCCCO)CC4=CC(=O)CC[C@]4(C)[C@@H]3CC[C@@]21C. The van der Waals surface area contributed by atoms with E-state index in [9.17, 15) is 14.7 Å². The van der Waals surface area contributed by atoms with Gasteiger partial charge in [0.15, 0.2) is 5.78 Å². The lowest BCUT2D eigenvalue weighted by molar-refractivity contribution is -0.145. The first kappa shape index (κ1) is 26.9. The van der Waals surface area contributed by atoms with Crippen LogP contribution in [0.1, 0.15) is 124 Å². The van der Waals surface area contributed by atoms with Gasteiger partial charge in [-0.3, -0.25) is 9.59 Å². The molecule has 2 unspecified atom stereocenters. The van der Waals surface area contributed by atoms with E-state index < -0.39 is 5.97 Å². The highest BCUT2D eigenvalue weighted by Crippen LogP contribution is 2.71. The number of fused-ring (bicyclic) bond motifs is 5. The van der Waals surface area contributed by atoms with Crippen LogP contribution in [0.3, 0.4) is 0 Å². The Morgan fingerprint density at radius 3 is 2.29 bits per heavy atom. The van der Waals surface area contributed by atoms with E-state index in [0.29, 0.717) is 48.9 Å². The molecule has 0 aromatic rings. The van der Waals surface area contributed by atoms with Gasteiger partial charge < -0.3 is 10.2 Å². The monoisotopic (exact) mass is 486 g/mol. The summed E-state index contributed by atoms with van der Waals surface area (Å²) in [6.07, 6.45) is 19.3. The van der Waals surface area contributed by atoms with E-state index in [1.807, 2.05) is 6.08 Å². The van der Waals surface area contributed by atoms with E-state index in [0.717, 1.165) is 38.5 Å². The molecule has 3 saturated carbocycles. The summed E-state index contributed by atoms with van der Waals surface area (Å²) >= 11 is 0. The molecule has 198 valence electrons. The number of rotatable bonds is 11. The van der Waals surface area contributed by atoms with Crippen LogP contribution in [-0.2, 0) is 9.59 Å². The third-order valence-electron chi connectivity index (χ3n) is 11.7. The molecule has 0 bridgehead atoms. The number of allylic oxidation sites excluding steroid dienone is 1. The van der Waals surface area contributed by atoms with E-state index in [2.05, 4.69) is 20.8 Å². The molecule has 7 atom stereocenters. The molecule has 0 radical (unpaired) electrons. The first-order valence-electron chi connectivity index (χ1n) is 14.7. The molecule has 0 aromatic heterocycles. The van der Waals surface area contributed by atoms with Gasteiger partial charge in [0, 0.05) is 13.0 Å². The van der Waals surface area contributed by atoms with Crippen molar-refractivity contribution in [2.45, 2.75) is 124 Å². The minimum absolute atomic E-state index is 0.104. The zero-order valence-corrected chi connectivity index (χ0v) is 22.6. The Hall–Kier alpha value is -1.16. The fourth-order valence-corrected chi connectivity index (χ4v) is 9.39. The van der Waals surface area contributed by atoms with Gasteiger partial charge in [0.1, 0.15) is 0 Å². The molecule has 0 aromatic carbocycles. The lowest BCUT2D eigenvalue weighted by Gasteiger charge is -2.62. The van der Waals surface area contributed by atoms with Crippen molar-refractivity contribution < 1.29 is 19.8 Å². The summed E-state index contributed by atoms with van der Waals surface area (Å²) in [6, 6.07) is 0. The minimum Gasteiger partial charge on any atom is -0.481 e. The van der Waals surface area contributed by atoms with Crippen molar-refractivity contribution in [3.63, 3.8) is 0 Å². The molecule has 0 saturated heterocycles. The molecule has 0 heterocycles. The van der Waals surface area contributed by atoms with Crippen LogP contribution in [0.4, 0.5) is 0 Å². The second-order valence-corrected chi connectivity index (χ2v) is 13.4. The van der Waals surface area contributed by atoms with Gasteiger partial charge >= 0.3 is 5.97 Å². The number of ketones is 1. The second kappa shape index (κ2) is 10.7. The summed E-state index contributed by atoms with van der Waals surface area (Å²) in [5.41, 5.74) is 1.61. The topological polar surface area (TPSA) is 74.6 Å². The van der Waals surface area contributed by atoms with Crippen LogP contribution in [0, 0.1) is 39.9 Å². The van der Waals surface area contributed by atoms with E-state index in [1.54, 1.807) is 0 Å². The Morgan fingerprint density at radius 1 is 0.943 bits per heavy atom. The van der Waals surface area contributed by atoms with Crippen LogP contribution in [0.25, 0.3) is 0 Å². The van der Waals surface area contributed by atoms with E-state index >= 15 is 0 Å². The van der Waals surface area contributed by atoms with Crippen LogP contribution in [-0.4, -0.2) is 28.6 Å². The van der Waals surface area contributed by atoms with Crippen molar-refractivity contribution in [1.29, 1.82) is 0 Å². The molecular weight excluding hydrogens is 436 g/mol. The van der Waals surface area contributed by atoms with Gasteiger partial charge in [-0.1, -0.05) is 64.9 Å². The number of carboxylic acid groups (broad SMARTS) is 1. The zero-order valence-electron chi connectivity index (χ0n) is 22.6. The summed E-state index contributed by atoms with van der Waals surface area (Å²) in [7, 11) is 0. The van der Waals surface area contributed by atoms with E-state index in [4.69, 9.17) is 5.11 Å². The number of unbranched alkanes of at least 4 members (excludes halogenated alkanes) is 6. The molecule has 0 spiro atoms. The number of hydrogen-bond acceptors (Lipinski definition) is 3. The minimum atomic E-state index is -0.640. The smallest absolute Gasteiger partial charge is 0.303 e. The molecule has 4 aliphatic carbocycles. The standard InChI is InChI=1S/C31H50O4/c1-29(21-27(34)35)15-13-26-28-22(11-9-7-5-4-6-8-10-18-32)19-23-20-24(33)12-16-30(23,2)25(28)14-17-31(26,29)3/h20,22,25-26,28,32H,4-19,21H2,1-3H3,(H,34,35)/t22?,25-,26+,28-,29?,30+,31+/m1/s1. The number of aliphatic hydroxyl groups excluding tert-OH is 1. The lowest BCUT2D eigenvalue weighted by Crippen LogP contribution is -2.55. The molecule has 4 rings (SSSR count). The van der Waals surface area contributed by atoms with Gasteiger partial charge in [-0.2, -0.15) is 0 Å². The van der Waals surface area contributed by atoms with E-state index in [-0.39, 0.29) is 16.2 Å². The summed E-state index contributed by atoms with van der Waals surface area (Å²) in [6.45, 7) is 7.47.